The van der Waals surface area contributed by atoms with E-state index in [4.69, 9.17) is 9.72 Å². The number of piperazine rings is 1. The Morgan fingerprint density at radius 2 is 1.73 bits per heavy atom. The molecule has 0 spiro atoms. The quantitative estimate of drug-likeness (QED) is 0.811. The van der Waals surface area contributed by atoms with Crippen LogP contribution in [0.1, 0.15) is 37.8 Å². The first kappa shape index (κ1) is 20.4. The monoisotopic (exact) mass is 409 g/mol. The van der Waals surface area contributed by atoms with Crippen LogP contribution < -0.4 is 15.0 Å². The van der Waals surface area contributed by atoms with Gasteiger partial charge in [-0.3, -0.25) is 4.79 Å². The number of benzene rings is 1. The van der Waals surface area contributed by atoms with E-state index in [1.165, 1.54) is 19.3 Å². The van der Waals surface area contributed by atoms with E-state index in [2.05, 4.69) is 15.2 Å². The van der Waals surface area contributed by atoms with Gasteiger partial charge in [0.05, 0.1) is 7.11 Å². The van der Waals surface area contributed by atoms with Crippen molar-refractivity contribution in [2.75, 3.05) is 43.5 Å². The van der Waals surface area contributed by atoms with Crippen LogP contribution in [0.4, 0.5) is 17.5 Å². The van der Waals surface area contributed by atoms with E-state index in [1.807, 2.05) is 42.2 Å². The molecule has 7 nitrogen and oxygen atoms in total. The number of carbonyl (C=O) groups excluding carboxylic acids is 1. The Morgan fingerprint density at radius 3 is 2.40 bits per heavy atom. The lowest BCUT2D eigenvalue weighted by atomic mass is 9.88. The van der Waals surface area contributed by atoms with E-state index >= 15 is 0 Å². The number of carbonyl (C=O) groups is 1. The molecule has 0 unspecified atom stereocenters. The number of aromatic nitrogens is 2. The maximum Gasteiger partial charge on any atom is 0.227 e. The molecule has 30 heavy (non-hydrogen) atoms. The SMILES string of the molecule is COc1ccc(Nc2cc(C)nc(N3CCN(C(=O)C4CCCCC4)CC3)n2)cc1. The second kappa shape index (κ2) is 9.32. The second-order valence-electron chi connectivity index (χ2n) is 8.20. The third kappa shape index (κ3) is 4.83. The zero-order valence-corrected chi connectivity index (χ0v) is 17.9. The number of hydrogen-bond donors (Lipinski definition) is 1. The minimum atomic E-state index is 0.237. The van der Waals surface area contributed by atoms with Gasteiger partial charge in [-0.2, -0.15) is 4.98 Å². The van der Waals surface area contributed by atoms with Gasteiger partial charge < -0.3 is 19.9 Å². The number of methoxy groups -OCH3 is 1. The van der Waals surface area contributed by atoms with Crippen molar-refractivity contribution in [3.05, 3.63) is 36.0 Å². The molecule has 1 aromatic carbocycles. The fraction of sp³-hybridized carbons (Fsp3) is 0.522. The summed E-state index contributed by atoms with van der Waals surface area (Å²) in [7, 11) is 1.66. The molecule has 1 aliphatic carbocycles. The van der Waals surface area contributed by atoms with Crippen LogP contribution in [0.5, 0.6) is 5.75 Å². The van der Waals surface area contributed by atoms with Gasteiger partial charge in [0.1, 0.15) is 11.6 Å². The number of amides is 1. The van der Waals surface area contributed by atoms with Gasteiger partial charge in [0.25, 0.3) is 0 Å². The Bertz CT molecular complexity index is 856. The van der Waals surface area contributed by atoms with Gasteiger partial charge in [0, 0.05) is 49.5 Å². The van der Waals surface area contributed by atoms with Crippen molar-refractivity contribution in [2.45, 2.75) is 39.0 Å². The maximum atomic E-state index is 12.8. The van der Waals surface area contributed by atoms with E-state index in [0.29, 0.717) is 5.91 Å². The first-order valence-electron chi connectivity index (χ1n) is 10.9. The number of aryl methyl sites for hydroxylation is 1. The third-order valence-corrected chi connectivity index (χ3v) is 6.03. The summed E-state index contributed by atoms with van der Waals surface area (Å²) in [6.45, 7) is 5.00. The molecule has 2 heterocycles. The summed E-state index contributed by atoms with van der Waals surface area (Å²) in [5.41, 5.74) is 1.86. The molecule has 0 atom stereocenters. The highest BCUT2D eigenvalue weighted by molar-refractivity contribution is 5.79. The first-order valence-corrected chi connectivity index (χ1v) is 10.9. The van der Waals surface area contributed by atoms with Gasteiger partial charge in [0.15, 0.2) is 0 Å². The van der Waals surface area contributed by atoms with Crippen LogP contribution in [-0.4, -0.2) is 54.1 Å². The average molecular weight is 410 g/mol. The predicted octanol–water partition coefficient (Wildman–Crippen LogP) is 3.77. The van der Waals surface area contributed by atoms with Crippen molar-refractivity contribution in [3.8, 4) is 5.75 Å². The molecule has 2 aliphatic rings. The van der Waals surface area contributed by atoms with E-state index in [9.17, 15) is 4.79 Å². The zero-order valence-electron chi connectivity index (χ0n) is 17.9. The van der Waals surface area contributed by atoms with Gasteiger partial charge in [-0.1, -0.05) is 19.3 Å². The number of rotatable bonds is 5. The molecule has 2 fully saturated rings. The minimum absolute atomic E-state index is 0.237. The van der Waals surface area contributed by atoms with Crippen LogP contribution in [0, 0.1) is 12.8 Å². The molecule has 1 aromatic heterocycles. The molecule has 1 saturated carbocycles. The van der Waals surface area contributed by atoms with Crippen molar-refractivity contribution in [3.63, 3.8) is 0 Å². The number of nitrogens with one attached hydrogen (secondary N) is 1. The standard InChI is InChI=1S/C23H31N5O2/c1-17-16-21(25-19-8-10-20(30-2)11-9-19)26-23(24-17)28-14-12-27(13-15-28)22(29)18-6-4-3-5-7-18/h8-11,16,18H,3-7,12-15H2,1-2H3,(H,24,25,26). The van der Waals surface area contributed by atoms with Crippen LogP contribution in [0.3, 0.4) is 0 Å². The summed E-state index contributed by atoms with van der Waals surface area (Å²) in [6.07, 6.45) is 5.77. The Hall–Kier alpha value is -2.83. The number of ether oxygens (including phenoxy) is 1. The van der Waals surface area contributed by atoms with Gasteiger partial charge in [-0.25, -0.2) is 4.98 Å². The van der Waals surface area contributed by atoms with E-state index in [1.54, 1.807) is 7.11 Å². The minimum Gasteiger partial charge on any atom is -0.497 e. The molecule has 1 amide bonds. The fourth-order valence-corrected chi connectivity index (χ4v) is 4.32. The number of nitrogens with zero attached hydrogens (tertiary/aromatic N) is 4. The summed E-state index contributed by atoms with van der Waals surface area (Å²) >= 11 is 0. The predicted molar refractivity (Wildman–Crippen MR) is 118 cm³/mol. The molecule has 1 aliphatic heterocycles. The molecular formula is C23H31N5O2. The second-order valence-corrected chi connectivity index (χ2v) is 8.20. The topological polar surface area (TPSA) is 70.6 Å². The van der Waals surface area contributed by atoms with Gasteiger partial charge in [-0.15, -0.1) is 0 Å². The highest BCUT2D eigenvalue weighted by atomic mass is 16.5. The Balaban J connectivity index is 1.39. The number of anilines is 3. The van der Waals surface area contributed by atoms with Gasteiger partial charge in [-0.05, 0) is 44.0 Å². The van der Waals surface area contributed by atoms with Crippen LogP contribution in [0.2, 0.25) is 0 Å². The molecule has 1 N–H and O–H groups in total. The summed E-state index contributed by atoms with van der Waals surface area (Å²) in [5, 5.41) is 3.35. The largest absolute Gasteiger partial charge is 0.497 e. The molecule has 0 radical (unpaired) electrons. The first-order chi connectivity index (χ1) is 14.6. The smallest absolute Gasteiger partial charge is 0.227 e. The normalized spacial score (nSPS) is 17.7. The molecule has 1 saturated heterocycles. The van der Waals surface area contributed by atoms with Gasteiger partial charge in [0.2, 0.25) is 11.9 Å². The number of hydrogen-bond acceptors (Lipinski definition) is 6. The zero-order chi connectivity index (χ0) is 20.9. The lowest BCUT2D eigenvalue weighted by Gasteiger charge is -2.37. The highest BCUT2D eigenvalue weighted by Gasteiger charge is 2.29. The summed E-state index contributed by atoms with van der Waals surface area (Å²) in [5.74, 6) is 2.89. The molecule has 4 rings (SSSR count). The van der Waals surface area contributed by atoms with Crippen LogP contribution >= 0.6 is 0 Å². The molecule has 7 heteroatoms. The molecule has 160 valence electrons. The van der Waals surface area contributed by atoms with Gasteiger partial charge >= 0.3 is 0 Å². The van der Waals surface area contributed by atoms with Crippen LogP contribution in [-0.2, 0) is 4.79 Å². The summed E-state index contributed by atoms with van der Waals surface area (Å²) in [6, 6.07) is 9.70. The van der Waals surface area contributed by atoms with Crippen molar-refractivity contribution in [1.82, 2.24) is 14.9 Å². The van der Waals surface area contributed by atoms with Crippen LogP contribution in [0.15, 0.2) is 30.3 Å². The Kier molecular flexibility index (Phi) is 6.35. The molecular weight excluding hydrogens is 378 g/mol. The summed E-state index contributed by atoms with van der Waals surface area (Å²) in [4.78, 5) is 26.4. The average Bonchev–Trinajstić information content (AvgIpc) is 2.79. The van der Waals surface area contributed by atoms with Crippen molar-refractivity contribution in [2.24, 2.45) is 5.92 Å². The third-order valence-electron chi connectivity index (χ3n) is 6.03. The fourth-order valence-electron chi connectivity index (χ4n) is 4.32. The molecule has 2 aromatic rings. The Morgan fingerprint density at radius 1 is 1.03 bits per heavy atom. The summed E-state index contributed by atoms with van der Waals surface area (Å²) < 4.78 is 5.21. The van der Waals surface area contributed by atoms with Crippen molar-refractivity contribution < 1.29 is 9.53 Å². The van der Waals surface area contributed by atoms with E-state index < -0.39 is 0 Å². The Labute approximate surface area is 178 Å². The lowest BCUT2D eigenvalue weighted by molar-refractivity contribution is -0.136. The van der Waals surface area contributed by atoms with Crippen molar-refractivity contribution >= 4 is 23.4 Å². The molecule has 0 bridgehead atoms. The maximum absolute atomic E-state index is 12.8. The lowest BCUT2D eigenvalue weighted by Crippen LogP contribution is -2.51. The van der Waals surface area contributed by atoms with Crippen LogP contribution in [0.25, 0.3) is 0 Å². The highest BCUT2D eigenvalue weighted by Crippen LogP contribution is 2.26. The van der Waals surface area contributed by atoms with E-state index in [-0.39, 0.29) is 5.92 Å². The van der Waals surface area contributed by atoms with E-state index in [0.717, 1.165) is 67.9 Å². The van der Waals surface area contributed by atoms with Crippen molar-refractivity contribution in [1.29, 1.82) is 0 Å².